The molecule has 0 saturated carbocycles. The minimum absolute atomic E-state index is 0.0546. The SMILES string of the molecule is COc1ccc(C)cc1C1CN(CCCO)C(=O)N1. The number of carbonyl (C=O) groups is 1. The normalized spacial score (nSPS) is 18.6. The molecule has 1 saturated heterocycles. The summed E-state index contributed by atoms with van der Waals surface area (Å²) in [7, 11) is 1.63. The molecule has 19 heavy (non-hydrogen) atoms. The molecule has 2 N–H and O–H groups in total. The highest BCUT2D eigenvalue weighted by Crippen LogP contribution is 2.29. The van der Waals surface area contributed by atoms with E-state index < -0.39 is 0 Å². The third kappa shape index (κ3) is 2.98. The Hall–Kier alpha value is -1.75. The average Bonchev–Trinajstić information content (AvgIpc) is 2.77. The first kappa shape index (κ1) is 13.7. The topological polar surface area (TPSA) is 61.8 Å². The average molecular weight is 264 g/mol. The first-order valence-electron chi connectivity index (χ1n) is 6.46. The van der Waals surface area contributed by atoms with Gasteiger partial charge in [0.25, 0.3) is 0 Å². The molecule has 0 bridgehead atoms. The van der Waals surface area contributed by atoms with Crippen LogP contribution in [-0.2, 0) is 0 Å². The van der Waals surface area contributed by atoms with E-state index in [0.717, 1.165) is 16.9 Å². The number of carbonyl (C=O) groups excluding carboxylic acids is 1. The number of nitrogens with zero attached hydrogens (tertiary/aromatic N) is 1. The Kier molecular flexibility index (Phi) is 4.27. The highest BCUT2D eigenvalue weighted by Gasteiger charge is 2.30. The summed E-state index contributed by atoms with van der Waals surface area (Å²) in [5, 5.41) is 11.8. The fourth-order valence-corrected chi connectivity index (χ4v) is 2.35. The zero-order chi connectivity index (χ0) is 13.8. The fraction of sp³-hybridized carbons (Fsp3) is 0.500. The number of urea groups is 1. The molecule has 1 heterocycles. The molecule has 1 aliphatic rings. The van der Waals surface area contributed by atoms with Gasteiger partial charge >= 0.3 is 6.03 Å². The van der Waals surface area contributed by atoms with E-state index in [1.165, 1.54) is 0 Å². The monoisotopic (exact) mass is 264 g/mol. The molecule has 104 valence electrons. The van der Waals surface area contributed by atoms with Crippen LogP contribution in [0, 0.1) is 6.92 Å². The van der Waals surface area contributed by atoms with Crippen molar-refractivity contribution in [2.75, 3.05) is 26.8 Å². The van der Waals surface area contributed by atoms with Crippen molar-refractivity contribution < 1.29 is 14.6 Å². The highest BCUT2D eigenvalue weighted by atomic mass is 16.5. The Morgan fingerprint density at radius 2 is 2.32 bits per heavy atom. The van der Waals surface area contributed by atoms with Crippen LogP contribution in [0.2, 0.25) is 0 Å². The summed E-state index contributed by atoms with van der Waals surface area (Å²) in [5.74, 6) is 0.792. The zero-order valence-electron chi connectivity index (χ0n) is 11.3. The molecule has 0 aromatic heterocycles. The molecule has 1 atom stereocenters. The predicted octanol–water partition coefficient (Wildman–Crippen LogP) is 1.45. The summed E-state index contributed by atoms with van der Waals surface area (Å²) in [6, 6.07) is 5.82. The van der Waals surface area contributed by atoms with Crippen molar-refractivity contribution in [3.8, 4) is 5.75 Å². The number of amides is 2. The third-order valence-electron chi connectivity index (χ3n) is 3.33. The van der Waals surface area contributed by atoms with Crippen LogP contribution in [0.1, 0.15) is 23.6 Å². The molecular weight excluding hydrogens is 244 g/mol. The Balaban J connectivity index is 2.15. The molecule has 1 aromatic rings. The lowest BCUT2D eigenvalue weighted by molar-refractivity contribution is 0.209. The van der Waals surface area contributed by atoms with Gasteiger partial charge in [0.2, 0.25) is 0 Å². The Morgan fingerprint density at radius 1 is 1.53 bits per heavy atom. The molecule has 2 rings (SSSR count). The van der Waals surface area contributed by atoms with E-state index >= 15 is 0 Å². The molecule has 1 aromatic carbocycles. The minimum Gasteiger partial charge on any atom is -0.496 e. The maximum absolute atomic E-state index is 11.8. The maximum atomic E-state index is 11.8. The van der Waals surface area contributed by atoms with Gasteiger partial charge in [0, 0.05) is 25.3 Å². The molecule has 0 spiro atoms. The van der Waals surface area contributed by atoms with Gasteiger partial charge in [-0.15, -0.1) is 0 Å². The minimum atomic E-state index is -0.0815. The van der Waals surface area contributed by atoms with Crippen molar-refractivity contribution in [1.29, 1.82) is 0 Å². The highest BCUT2D eigenvalue weighted by molar-refractivity contribution is 5.77. The van der Waals surface area contributed by atoms with Gasteiger partial charge in [0.1, 0.15) is 5.75 Å². The second-order valence-corrected chi connectivity index (χ2v) is 4.77. The molecule has 1 aliphatic heterocycles. The van der Waals surface area contributed by atoms with Crippen LogP contribution in [0.4, 0.5) is 4.79 Å². The van der Waals surface area contributed by atoms with Crippen molar-refractivity contribution in [3.05, 3.63) is 29.3 Å². The smallest absolute Gasteiger partial charge is 0.318 e. The number of aliphatic hydroxyl groups excluding tert-OH is 1. The Labute approximate surface area is 113 Å². The van der Waals surface area contributed by atoms with E-state index in [0.29, 0.717) is 19.5 Å². The molecule has 0 aliphatic carbocycles. The van der Waals surface area contributed by atoms with E-state index in [9.17, 15) is 4.79 Å². The van der Waals surface area contributed by atoms with Gasteiger partial charge < -0.3 is 20.1 Å². The van der Waals surface area contributed by atoms with Crippen LogP contribution >= 0.6 is 0 Å². The molecule has 1 unspecified atom stereocenters. The summed E-state index contributed by atoms with van der Waals surface area (Å²) in [4.78, 5) is 13.6. The number of rotatable bonds is 5. The first-order chi connectivity index (χ1) is 9.15. The van der Waals surface area contributed by atoms with Crippen molar-refractivity contribution in [2.45, 2.75) is 19.4 Å². The van der Waals surface area contributed by atoms with Crippen molar-refractivity contribution in [1.82, 2.24) is 10.2 Å². The van der Waals surface area contributed by atoms with Gasteiger partial charge in [-0.25, -0.2) is 4.79 Å². The number of hydrogen-bond acceptors (Lipinski definition) is 3. The van der Waals surface area contributed by atoms with E-state index in [1.54, 1.807) is 12.0 Å². The summed E-state index contributed by atoms with van der Waals surface area (Å²) < 4.78 is 5.35. The van der Waals surface area contributed by atoms with Crippen LogP contribution in [-0.4, -0.2) is 42.8 Å². The van der Waals surface area contributed by atoms with Gasteiger partial charge in [-0.05, 0) is 19.4 Å². The first-order valence-corrected chi connectivity index (χ1v) is 6.46. The lowest BCUT2D eigenvalue weighted by Crippen LogP contribution is -2.29. The van der Waals surface area contributed by atoms with Crippen molar-refractivity contribution in [2.24, 2.45) is 0 Å². The summed E-state index contributed by atoms with van der Waals surface area (Å²) in [6.07, 6.45) is 0.602. The van der Waals surface area contributed by atoms with E-state index in [-0.39, 0.29) is 18.7 Å². The molecule has 2 amide bonds. The lowest BCUT2D eigenvalue weighted by atomic mass is 10.0. The number of nitrogens with one attached hydrogen (secondary N) is 1. The van der Waals surface area contributed by atoms with Gasteiger partial charge in [-0.2, -0.15) is 0 Å². The number of aliphatic hydroxyl groups is 1. The standard InChI is InChI=1S/C14H20N2O3/c1-10-4-5-13(19-2)11(8-10)12-9-16(6-3-7-17)14(18)15-12/h4-5,8,12,17H,3,6-7,9H2,1-2H3,(H,15,18). The number of aryl methyl sites for hydroxylation is 1. The Morgan fingerprint density at radius 3 is 3.00 bits per heavy atom. The van der Waals surface area contributed by atoms with Gasteiger partial charge in [-0.1, -0.05) is 17.7 Å². The molecule has 1 fully saturated rings. The van der Waals surface area contributed by atoms with E-state index in [2.05, 4.69) is 5.32 Å². The van der Waals surface area contributed by atoms with Gasteiger partial charge in [-0.3, -0.25) is 0 Å². The number of ether oxygens (including phenoxy) is 1. The van der Waals surface area contributed by atoms with Crippen LogP contribution in [0.15, 0.2) is 18.2 Å². The number of methoxy groups -OCH3 is 1. The second-order valence-electron chi connectivity index (χ2n) is 4.77. The number of benzene rings is 1. The predicted molar refractivity (Wildman–Crippen MR) is 72.3 cm³/mol. The van der Waals surface area contributed by atoms with Gasteiger partial charge in [0.05, 0.1) is 13.2 Å². The molecule has 0 radical (unpaired) electrons. The van der Waals surface area contributed by atoms with Crippen LogP contribution < -0.4 is 10.1 Å². The number of hydrogen-bond donors (Lipinski definition) is 2. The lowest BCUT2D eigenvalue weighted by Gasteiger charge is -2.16. The molecular formula is C14H20N2O3. The third-order valence-corrected chi connectivity index (χ3v) is 3.33. The second kappa shape index (κ2) is 5.93. The van der Waals surface area contributed by atoms with E-state index in [4.69, 9.17) is 9.84 Å². The Bertz CT molecular complexity index is 462. The van der Waals surface area contributed by atoms with E-state index in [1.807, 2.05) is 25.1 Å². The van der Waals surface area contributed by atoms with Crippen LogP contribution in [0.3, 0.4) is 0 Å². The van der Waals surface area contributed by atoms with Crippen LogP contribution in [0.25, 0.3) is 0 Å². The maximum Gasteiger partial charge on any atom is 0.318 e. The molecule has 5 heteroatoms. The fourth-order valence-electron chi connectivity index (χ4n) is 2.35. The van der Waals surface area contributed by atoms with Crippen molar-refractivity contribution >= 4 is 6.03 Å². The summed E-state index contributed by atoms with van der Waals surface area (Å²) in [6.45, 7) is 3.30. The van der Waals surface area contributed by atoms with Crippen LogP contribution in [0.5, 0.6) is 5.75 Å². The summed E-state index contributed by atoms with van der Waals surface area (Å²) in [5.41, 5.74) is 2.14. The van der Waals surface area contributed by atoms with Gasteiger partial charge in [0.15, 0.2) is 0 Å². The quantitative estimate of drug-likeness (QED) is 0.846. The summed E-state index contributed by atoms with van der Waals surface area (Å²) >= 11 is 0. The largest absolute Gasteiger partial charge is 0.496 e. The zero-order valence-corrected chi connectivity index (χ0v) is 11.3. The van der Waals surface area contributed by atoms with Crippen molar-refractivity contribution in [3.63, 3.8) is 0 Å². The molecule has 5 nitrogen and oxygen atoms in total.